The van der Waals surface area contributed by atoms with E-state index in [9.17, 15) is 4.79 Å². The number of ketones is 1. The largest absolute Gasteiger partial charge is 0.496 e. The lowest BCUT2D eigenvalue weighted by Gasteiger charge is -2.08. The van der Waals surface area contributed by atoms with Crippen LogP contribution in [0, 0.1) is 0 Å². The van der Waals surface area contributed by atoms with Gasteiger partial charge in [-0.15, -0.1) is 0 Å². The lowest BCUT2D eigenvalue weighted by atomic mass is 10.0. The third kappa shape index (κ3) is 3.58. The lowest BCUT2D eigenvalue weighted by molar-refractivity contribution is 0.0990. The Morgan fingerprint density at radius 1 is 1.26 bits per heavy atom. The van der Waals surface area contributed by atoms with Gasteiger partial charge in [0.25, 0.3) is 0 Å². The van der Waals surface area contributed by atoms with Gasteiger partial charge in [-0.1, -0.05) is 39.7 Å². The SMILES string of the molecule is COc1ccc(Br)cc1C(=O)Cc1cccc(Cl)c1. The summed E-state index contributed by atoms with van der Waals surface area (Å²) in [5.74, 6) is 0.579. The van der Waals surface area contributed by atoms with Gasteiger partial charge < -0.3 is 4.74 Å². The van der Waals surface area contributed by atoms with E-state index < -0.39 is 0 Å². The summed E-state index contributed by atoms with van der Waals surface area (Å²) in [4.78, 5) is 12.3. The molecule has 0 unspecified atom stereocenters. The molecule has 0 N–H and O–H groups in total. The molecule has 4 heteroatoms. The molecule has 2 aromatic rings. The van der Waals surface area contributed by atoms with Crippen LogP contribution in [0.25, 0.3) is 0 Å². The van der Waals surface area contributed by atoms with Gasteiger partial charge in [-0.2, -0.15) is 0 Å². The average Bonchev–Trinajstić information content (AvgIpc) is 2.38. The highest BCUT2D eigenvalue weighted by Gasteiger charge is 2.13. The first-order valence-electron chi connectivity index (χ1n) is 5.71. The van der Waals surface area contributed by atoms with Crippen LogP contribution in [-0.2, 0) is 6.42 Å². The van der Waals surface area contributed by atoms with E-state index in [0.717, 1.165) is 10.0 Å². The minimum atomic E-state index is 0.000386. The summed E-state index contributed by atoms with van der Waals surface area (Å²) in [6.07, 6.45) is 0.299. The minimum Gasteiger partial charge on any atom is -0.496 e. The summed E-state index contributed by atoms with van der Waals surface area (Å²) >= 11 is 9.28. The maximum Gasteiger partial charge on any atom is 0.170 e. The maximum atomic E-state index is 12.3. The number of methoxy groups -OCH3 is 1. The molecule has 0 radical (unpaired) electrons. The fourth-order valence-electron chi connectivity index (χ4n) is 1.83. The average molecular weight is 340 g/mol. The molecule has 0 amide bonds. The van der Waals surface area contributed by atoms with E-state index in [1.807, 2.05) is 18.2 Å². The highest BCUT2D eigenvalue weighted by Crippen LogP contribution is 2.24. The number of hydrogen-bond acceptors (Lipinski definition) is 2. The number of ether oxygens (including phenoxy) is 1. The summed E-state index contributed by atoms with van der Waals surface area (Å²) in [5.41, 5.74) is 1.45. The molecule has 0 spiro atoms. The first-order valence-corrected chi connectivity index (χ1v) is 6.88. The summed E-state index contributed by atoms with van der Waals surface area (Å²) in [7, 11) is 1.55. The molecular weight excluding hydrogens is 328 g/mol. The Labute approximate surface area is 125 Å². The molecule has 2 nitrogen and oxygen atoms in total. The Morgan fingerprint density at radius 2 is 2.05 bits per heavy atom. The van der Waals surface area contributed by atoms with Gasteiger partial charge in [0.05, 0.1) is 12.7 Å². The molecule has 0 aromatic heterocycles. The zero-order chi connectivity index (χ0) is 13.8. The van der Waals surface area contributed by atoms with Gasteiger partial charge in [0, 0.05) is 15.9 Å². The Hall–Kier alpha value is -1.32. The number of halogens is 2. The molecule has 2 aromatic carbocycles. The topological polar surface area (TPSA) is 26.3 Å². The first kappa shape index (κ1) is 14.1. The van der Waals surface area contributed by atoms with Crippen molar-refractivity contribution in [3.63, 3.8) is 0 Å². The molecule has 98 valence electrons. The van der Waals surface area contributed by atoms with Crippen LogP contribution in [0.2, 0.25) is 5.02 Å². The second kappa shape index (κ2) is 6.22. The van der Waals surface area contributed by atoms with Crippen molar-refractivity contribution < 1.29 is 9.53 Å². The number of hydrogen-bond donors (Lipinski definition) is 0. The number of Topliss-reactive ketones (excluding diaryl/α,β-unsaturated/α-hetero) is 1. The first-order chi connectivity index (χ1) is 9.10. The quantitative estimate of drug-likeness (QED) is 0.765. The van der Waals surface area contributed by atoms with Gasteiger partial charge in [0.1, 0.15) is 5.75 Å². The molecule has 0 heterocycles. The Morgan fingerprint density at radius 3 is 2.74 bits per heavy atom. The standard InChI is InChI=1S/C15H12BrClO2/c1-19-15-6-5-11(16)9-13(15)14(18)8-10-3-2-4-12(17)7-10/h2-7,9H,8H2,1H3. The van der Waals surface area contributed by atoms with Crippen LogP contribution in [-0.4, -0.2) is 12.9 Å². The van der Waals surface area contributed by atoms with E-state index in [1.165, 1.54) is 0 Å². The molecule has 0 saturated heterocycles. The smallest absolute Gasteiger partial charge is 0.170 e. The fraction of sp³-hybridized carbons (Fsp3) is 0.133. The van der Waals surface area contributed by atoms with Crippen LogP contribution in [0.1, 0.15) is 15.9 Å². The second-order valence-electron chi connectivity index (χ2n) is 4.07. The van der Waals surface area contributed by atoms with Gasteiger partial charge in [0.15, 0.2) is 5.78 Å². The van der Waals surface area contributed by atoms with E-state index in [2.05, 4.69) is 15.9 Å². The molecule has 0 fully saturated rings. The zero-order valence-electron chi connectivity index (χ0n) is 10.3. The van der Waals surface area contributed by atoms with Crippen molar-refractivity contribution in [3.8, 4) is 5.75 Å². The van der Waals surface area contributed by atoms with Crippen LogP contribution in [0.15, 0.2) is 46.9 Å². The van der Waals surface area contributed by atoms with E-state index in [-0.39, 0.29) is 5.78 Å². The maximum absolute atomic E-state index is 12.3. The molecule has 0 bridgehead atoms. The normalized spacial score (nSPS) is 10.3. The number of rotatable bonds is 4. The van der Waals surface area contributed by atoms with Gasteiger partial charge in [-0.3, -0.25) is 4.79 Å². The van der Waals surface area contributed by atoms with Crippen LogP contribution >= 0.6 is 27.5 Å². The minimum absolute atomic E-state index is 0.000386. The molecular formula is C15H12BrClO2. The van der Waals surface area contributed by atoms with Gasteiger partial charge in [-0.05, 0) is 35.9 Å². The highest BCUT2D eigenvalue weighted by atomic mass is 79.9. The molecule has 0 aliphatic heterocycles. The number of carbonyl (C=O) groups excluding carboxylic acids is 1. The van der Waals surface area contributed by atoms with Gasteiger partial charge in [-0.25, -0.2) is 0 Å². The molecule has 0 atom stereocenters. The van der Waals surface area contributed by atoms with Crippen LogP contribution in [0.4, 0.5) is 0 Å². The summed E-state index contributed by atoms with van der Waals surface area (Å²) < 4.78 is 6.06. The fourth-order valence-corrected chi connectivity index (χ4v) is 2.40. The Kier molecular flexibility index (Phi) is 4.61. The van der Waals surface area contributed by atoms with Crippen molar-refractivity contribution >= 4 is 33.3 Å². The molecule has 0 saturated carbocycles. The predicted molar refractivity (Wildman–Crippen MR) is 80.2 cm³/mol. The van der Waals surface area contributed by atoms with E-state index >= 15 is 0 Å². The van der Waals surface area contributed by atoms with Gasteiger partial charge >= 0.3 is 0 Å². The van der Waals surface area contributed by atoms with Crippen molar-refractivity contribution in [2.75, 3.05) is 7.11 Å². The predicted octanol–water partition coefficient (Wildman–Crippen LogP) is 4.54. The third-order valence-electron chi connectivity index (χ3n) is 2.72. The number of benzene rings is 2. The van der Waals surface area contributed by atoms with Crippen molar-refractivity contribution in [2.45, 2.75) is 6.42 Å². The number of carbonyl (C=O) groups is 1. The van der Waals surface area contributed by atoms with E-state index in [0.29, 0.717) is 22.8 Å². The van der Waals surface area contributed by atoms with Crippen LogP contribution in [0.5, 0.6) is 5.75 Å². The lowest BCUT2D eigenvalue weighted by Crippen LogP contribution is -2.05. The van der Waals surface area contributed by atoms with Crippen molar-refractivity contribution in [1.29, 1.82) is 0 Å². The Balaban J connectivity index is 2.27. The van der Waals surface area contributed by atoms with E-state index in [1.54, 1.807) is 31.4 Å². The van der Waals surface area contributed by atoms with E-state index in [4.69, 9.17) is 16.3 Å². The monoisotopic (exact) mass is 338 g/mol. The van der Waals surface area contributed by atoms with Gasteiger partial charge in [0.2, 0.25) is 0 Å². The second-order valence-corrected chi connectivity index (χ2v) is 5.43. The molecule has 0 aliphatic carbocycles. The molecule has 19 heavy (non-hydrogen) atoms. The van der Waals surface area contributed by atoms with Crippen molar-refractivity contribution in [2.24, 2.45) is 0 Å². The van der Waals surface area contributed by atoms with Crippen LogP contribution in [0.3, 0.4) is 0 Å². The van der Waals surface area contributed by atoms with Crippen LogP contribution < -0.4 is 4.74 Å². The molecule has 2 rings (SSSR count). The third-order valence-corrected chi connectivity index (χ3v) is 3.44. The zero-order valence-corrected chi connectivity index (χ0v) is 12.7. The molecule has 0 aliphatic rings. The summed E-state index contributed by atoms with van der Waals surface area (Å²) in [6, 6.07) is 12.7. The Bertz CT molecular complexity index is 611. The summed E-state index contributed by atoms with van der Waals surface area (Å²) in [6.45, 7) is 0. The van der Waals surface area contributed by atoms with Crippen molar-refractivity contribution in [1.82, 2.24) is 0 Å². The summed E-state index contributed by atoms with van der Waals surface area (Å²) in [5, 5.41) is 0.631. The highest BCUT2D eigenvalue weighted by molar-refractivity contribution is 9.10. The van der Waals surface area contributed by atoms with Crippen molar-refractivity contribution in [3.05, 3.63) is 63.1 Å².